The van der Waals surface area contributed by atoms with Crippen molar-refractivity contribution in [1.82, 2.24) is 15.2 Å². The van der Waals surface area contributed by atoms with Crippen LogP contribution in [0.2, 0.25) is 5.02 Å². The van der Waals surface area contributed by atoms with Crippen molar-refractivity contribution < 1.29 is 9.59 Å². The van der Waals surface area contributed by atoms with E-state index in [1.807, 2.05) is 34.5 Å². The SMILES string of the molecule is CC(=O)NCC1CCN(C(=O)c2csc(-c3cccc(Cl)c3)n2)CC1. The highest BCUT2D eigenvalue weighted by Crippen LogP contribution is 2.27. The van der Waals surface area contributed by atoms with E-state index >= 15 is 0 Å². The largest absolute Gasteiger partial charge is 0.356 e. The van der Waals surface area contributed by atoms with Crippen LogP contribution >= 0.6 is 22.9 Å². The van der Waals surface area contributed by atoms with Crippen molar-refractivity contribution in [2.75, 3.05) is 19.6 Å². The molecule has 2 aromatic rings. The van der Waals surface area contributed by atoms with Gasteiger partial charge in [-0.1, -0.05) is 23.7 Å². The number of nitrogens with zero attached hydrogens (tertiary/aromatic N) is 2. The lowest BCUT2D eigenvalue weighted by Gasteiger charge is -2.31. The predicted molar refractivity (Wildman–Crippen MR) is 99.9 cm³/mol. The van der Waals surface area contributed by atoms with Gasteiger partial charge in [0, 0.05) is 42.5 Å². The van der Waals surface area contributed by atoms with Gasteiger partial charge in [-0.15, -0.1) is 11.3 Å². The number of carbonyl (C=O) groups is 2. The van der Waals surface area contributed by atoms with Crippen molar-refractivity contribution in [3.63, 3.8) is 0 Å². The van der Waals surface area contributed by atoms with E-state index in [1.165, 1.54) is 18.3 Å². The normalized spacial score (nSPS) is 15.2. The van der Waals surface area contributed by atoms with Crippen LogP contribution in [0.1, 0.15) is 30.3 Å². The summed E-state index contributed by atoms with van der Waals surface area (Å²) in [5, 5.41) is 6.11. The zero-order chi connectivity index (χ0) is 17.8. The maximum atomic E-state index is 12.7. The standard InChI is InChI=1S/C18H20ClN3O2S/c1-12(23)20-10-13-5-7-22(8-6-13)18(24)16-11-25-17(21-16)14-3-2-4-15(19)9-14/h2-4,9,11,13H,5-8,10H2,1H3,(H,20,23). The summed E-state index contributed by atoms with van der Waals surface area (Å²) in [6, 6.07) is 7.48. The molecule has 1 aromatic heterocycles. The molecule has 7 heteroatoms. The fourth-order valence-electron chi connectivity index (χ4n) is 2.92. The molecule has 0 spiro atoms. The first-order valence-electron chi connectivity index (χ1n) is 8.28. The number of piperidine rings is 1. The number of amides is 2. The summed E-state index contributed by atoms with van der Waals surface area (Å²) >= 11 is 7.47. The summed E-state index contributed by atoms with van der Waals surface area (Å²) in [5.41, 5.74) is 1.41. The van der Waals surface area contributed by atoms with Crippen LogP contribution in [-0.4, -0.2) is 41.3 Å². The molecule has 132 valence electrons. The van der Waals surface area contributed by atoms with Crippen LogP contribution in [0, 0.1) is 5.92 Å². The molecule has 3 rings (SSSR count). The molecular formula is C18H20ClN3O2S. The number of carbonyl (C=O) groups excluding carboxylic acids is 2. The second-order valence-electron chi connectivity index (χ2n) is 6.22. The van der Waals surface area contributed by atoms with Gasteiger partial charge < -0.3 is 10.2 Å². The number of likely N-dealkylation sites (tertiary alicyclic amines) is 1. The fourth-order valence-corrected chi connectivity index (χ4v) is 3.90. The average molecular weight is 378 g/mol. The van der Waals surface area contributed by atoms with Crippen molar-refractivity contribution in [2.45, 2.75) is 19.8 Å². The molecule has 1 aromatic carbocycles. The summed E-state index contributed by atoms with van der Waals surface area (Å²) in [6.45, 7) is 3.62. The molecule has 1 aliphatic heterocycles. The fraction of sp³-hybridized carbons (Fsp3) is 0.389. The molecule has 0 radical (unpaired) electrons. The molecule has 0 bridgehead atoms. The Morgan fingerprint density at radius 2 is 2.12 bits per heavy atom. The van der Waals surface area contributed by atoms with Gasteiger partial charge in [-0.05, 0) is 30.9 Å². The Morgan fingerprint density at radius 1 is 1.36 bits per heavy atom. The minimum absolute atomic E-state index is 0.00507. The Morgan fingerprint density at radius 3 is 2.80 bits per heavy atom. The van der Waals surface area contributed by atoms with E-state index in [4.69, 9.17) is 11.6 Å². The molecule has 0 atom stereocenters. The summed E-state index contributed by atoms with van der Waals surface area (Å²) in [5.74, 6) is 0.405. The first kappa shape index (κ1) is 17.9. The van der Waals surface area contributed by atoms with Gasteiger partial charge in [-0.25, -0.2) is 4.98 Å². The lowest BCUT2D eigenvalue weighted by atomic mass is 9.96. The zero-order valence-corrected chi connectivity index (χ0v) is 15.6. The molecule has 0 unspecified atom stereocenters. The highest BCUT2D eigenvalue weighted by molar-refractivity contribution is 7.13. The number of hydrogen-bond acceptors (Lipinski definition) is 4. The van der Waals surface area contributed by atoms with Crippen molar-refractivity contribution in [2.24, 2.45) is 5.92 Å². The Balaban J connectivity index is 1.60. The van der Waals surface area contributed by atoms with E-state index in [-0.39, 0.29) is 11.8 Å². The van der Waals surface area contributed by atoms with Crippen molar-refractivity contribution in [3.8, 4) is 10.6 Å². The van der Waals surface area contributed by atoms with Gasteiger partial charge in [0.2, 0.25) is 5.91 Å². The van der Waals surface area contributed by atoms with E-state index in [1.54, 1.807) is 0 Å². The monoisotopic (exact) mass is 377 g/mol. The van der Waals surface area contributed by atoms with E-state index < -0.39 is 0 Å². The maximum absolute atomic E-state index is 12.7. The molecule has 1 fully saturated rings. The minimum Gasteiger partial charge on any atom is -0.356 e. The second-order valence-corrected chi connectivity index (χ2v) is 7.52. The Bertz CT molecular complexity index is 769. The van der Waals surface area contributed by atoms with Crippen LogP contribution in [0.4, 0.5) is 0 Å². The molecule has 1 aliphatic rings. The molecule has 2 amide bonds. The van der Waals surface area contributed by atoms with Crippen LogP contribution < -0.4 is 5.32 Å². The molecule has 1 N–H and O–H groups in total. The highest BCUT2D eigenvalue weighted by Gasteiger charge is 2.25. The molecule has 0 aliphatic carbocycles. The molecule has 2 heterocycles. The third kappa shape index (κ3) is 4.58. The lowest BCUT2D eigenvalue weighted by Crippen LogP contribution is -2.41. The molecule has 5 nitrogen and oxygen atoms in total. The van der Waals surface area contributed by atoms with Gasteiger partial charge in [0.05, 0.1) is 0 Å². The van der Waals surface area contributed by atoms with Crippen LogP contribution in [0.25, 0.3) is 10.6 Å². The van der Waals surface area contributed by atoms with E-state index in [0.717, 1.165) is 23.4 Å². The van der Waals surface area contributed by atoms with Gasteiger partial charge in [-0.3, -0.25) is 9.59 Å². The van der Waals surface area contributed by atoms with Crippen molar-refractivity contribution in [3.05, 3.63) is 40.4 Å². The summed E-state index contributed by atoms with van der Waals surface area (Å²) in [7, 11) is 0. The molecule has 0 saturated carbocycles. The Hall–Kier alpha value is -1.92. The van der Waals surface area contributed by atoms with Crippen molar-refractivity contribution >= 4 is 34.8 Å². The topological polar surface area (TPSA) is 62.3 Å². The first-order valence-corrected chi connectivity index (χ1v) is 9.54. The molecule has 1 saturated heterocycles. The third-order valence-corrected chi connectivity index (χ3v) is 5.46. The smallest absolute Gasteiger partial charge is 0.273 e. The average Bonchev–Trinajstić information content (AvgIpc) is 3.10. The van der Waals surface area contributed by atoms with Gasteiger partial charge in [0.15, 0.2) is 0 Å². The maximum Gasteiger partial charge on any atom is 0.273 e. The van der Waals surface area contributed by atoms with Gasteiger partial charge in [0.1, 0.15) is 10.7 Å². The second kappa shape index (κ2) is 7.97. The minimum atomic E-state index is -0.0255. The molecule has 25 heavy (non-hydrogen) atoms. The number of nitrogens with one attached hydrogen (secondary N) is 1. The third-order valence-electron chi connectivity index (χ3n) is 4.34. The number of hydrogen-bond donors (Lipinski definition) is 1. The zero-order valence-electron chi connectivity index (χ0n) is 14.0. The van der Waals surface area contributed by atoms with Gasteiger partial charge in [-0.2, -0.15) is 0 Å². The van der Waals surface area contributed by atoms with Gasteiger partial charge >= 0.3 is 0 Å². The number of benzene rings is 1. The molecular weight excluding hydrogens is 358 g/mol. The predicted octanol–water partition coefficient (Wildman–Crippen LogP) is 3.45. The van der Waals surface area contributed by atoms with Gasteiger partial charge in [0.25, 0.3) is 5.91 Å². The number of halogens is 1. The Kier molecular flexibility index (Phi) is 5.71. The summed E-state index contributed by atoms with van der Waals surface area (Å²) in [4.78, 5) is 30.0. The van der Waals surface area contributed by atoms with Crippen LogP contribution in [0.5, 0.6) is 0 Å². The van der Waals surface area contributed by atoms with E-state index in [0.29, 0.717) is 36.3 Å². The number of rotatable bonds is 4. The Labute approximate surface area is 156 Å². The summed E-state index contributed by atoms with van der Waals surface area (Å²) < 4.78 is 0. The number of aromatic nitrogens is 1. The van der Waals surface area contributed by atoms with Crippen LogP contribution in [0.3, 0.4) is 0 Å². The number of thiazole rings is 1. The lowest BCUT2D eigenvalue weighted by molar-refractivity contribution is -0.119. The van der Waals surface area contributed by atoms with E-state index in [2.05, 4.69) is 10.3 Å². The van der Waals surface area contributed by atoms with E-state index in [9.17, 15) is 9.59 Å². The highest BCUT2D eigenvalue weighted by atomic mass is 35.5. The van der Waals surface area contributed by atoms with Crippen molar-refractivity contribution in [1.29, 1.82) is 0 Å². The quantitative estimate of drug-likeness (QED) is 0.887. The summed E-state index contributed by atoms with van der Waals surface area (Å²) in [6.07, 6.45) is 1.80. The first-order chi connectivity index (χ1) is 12.0. The van der Waals surface area contributed by atoms with Crippen LogP contribution in [-0.2, 0) is 4.79 Å². The van der Waals surface area contributed by atoms with Crippen LogP contribution in [0.15, 0.2) is 29.6 Å².